The van der Waals surface area contributed by atoms with E-state index in [1.54, 1.807) is 36.3 Å². The van der Waals surface area contributed by atoms with E-state index >= 15 is 0 Å². The number of nitrogens with zero attached hydrogens (tertiary/aromatic N) is 1. The number of carbonyl (C=O) groups excluding carboxylic acids is 2. The first-order valence-electron chi connectivity index (χ1n) is 11.5. The average molecular weight is 459 g/mol. The Morgan fingerprint density at radius 1 is 1.03 bits per heavy atom. The number of methoxy groups -OCH3 is 1. The van der Waals surface area contributed by atoms with Crippen LogP contribution in [0.4, 0.5) is 5.69 Å². The van der Waals surface area contributed by atoms with Crippen LogP contribution in [0.2, 0.25) is 0 Å². The van der Waals surface area contributed by atoms with Gasteiger partial charge >= 0.3 is 0 Å². The minimum atomic E-state index is -0.210. The lowest BCUT2D eigenvalue weighted by molar-refractivity contribution is 0.0505. The number of hydrogen-bond donors (Lipinski definition) is 1. The largest absolute Gasteiger partial charge is 0.496 e. The smallest absolute Gasteiger partial charge is 0.255 e. The van der Waals surface area contributed by atoms with Crippen LogP contribution in [0.25, 0.3) is 0 Å². The van der Waals surface area contributed by atoms with Crippen molar-refractivity contribution in [3.05, 3.63) is 95.1 Å². The van der Waals surface area contributed by atoms with Gasteiger partial charge in [-0.25, -0.2) is 0 Å². The fourth-order valence-electron chi connectivity index (χ4n) is 4.15. The van der Waals surface area contributed by atoms with Gasteiger partial charge in [-0.05, 0) is 55.7 Å². The third-order valence-electron chi connectivity index (χ3n) is 6.06. The molecule has 0 bridgehead atoms. The van der Waals surface area contributed by atoms with Crippen molar-refractivity contribution in [1.82, 2.24) is 4.90 Å². The highest BCUT2D eigenvalue weighted by Gasteiger charge is 2.25. The van der Waals surface area contributed by atoms with Gasteiger partial charge in [-0.1, -0.05) is 42.5 Å². The molecule has 1 heterocycles. The number of nitrogens with one attached hydrogen (secondary N) is 1. The fourth-order valence-corrected chi connectivity index (χ4v) is 4.15. The van der Waals surface area contributed by atoms with E-state index in [4.69, 9.17) is 9.47 Å². The number of carbonyl (C=O) groups is 2. The maximum absolute atomic E-state index is 13.7. The van der Waals surface area contributed by atoms with Gasteiger partial charge in [0.25, 0.3) is 11.8 Å². The van der Waals surface area contributed by atoms with Gasteiger partial charge in [-0.2, -0.15) is 0 Å². The van der Waals surface area contributed by atoms with Crippen LogP contribution in [0.1, 0.15) is 44.7 Å². The molecule has 6 nitrogen and oxygen atoms in total. The highest BCUT2D eigenvalue weighted by molar-refractivity contribution is 6.05. The van der Waals surface area contributed by atoms with E-state index < -0.39 is 0 Å². The number of benzene rings is 3. The van der Waals surface area contributed by atoms with Crippen LogP contribution in [-0.4, -0.2) is 43.1 Å². The van der Waals surface area contributed by atoms with Crippen LogP contribution in [0.3, 0.4) is 0 Å². The fraction of sp³-hybridized carbons (Fsp3) is 0.286. The molecule has 0 radical (unpaired) electrons. The first kappa shape index (κ1) is 23.5. The zero-order chi connectivity index (χ0) is 23.9. The Labute approximate surface area is 200 Å². The number of rotatable bonds is 8. The van der Waals surface area contributed by atoms with Crippen molar-refractivity contribution in [3.8, 4) is 5.75 Å². The molecule has 1 saturated heterocycles. The number of amides is 2. The number of anilines is 1. The van der Waals surface area contributed by atoms with Crippen molar-refractivity contribution in [2.45, 2.75) is 32.4 Å². The summed E-state index contributed by atoms with van der Waals surface area (Å²) in [5.74, 6) is 0.419. The van der Waals surface area contributed by atoms with Gasteiger partial charge < -0.3 is 19.7 Å². The molecule has 6 heteroatoms. The standard InChI is InChI=1S/C28H30N2O4/c1-20-14-15-22(17-25(20)29-27(31)21-9-4-3-5-10-21)28(32)30(19-24-12-8-16-34-24)18-23-11-6-7-13-26(23)33-2/h3-7,9-11,13-15,17,24H,8,12,16,18-19H2,1-2H3,(H,29,31). The van der Waals surface area contributed by atoms with E-state index in [9.17, 15) is 9.59 Å². The number of hydrogen-bond acceptors (Lipinski definition) is 4. The second-order valence-corrected chi connectivity index (χ2v) is 8.48. The predicted molar refractivity (Wildman–Crippen MR) is 132 cm³/mol. The monoisotopic (exact) mass is 458 g/mol. The lowest BCUT2D eigenvalue weighted by Crippen LogP contribution is -2.37. The van der Waals surface area contributed by atoms with Crippen molar-refractivity contribution < 1.29 is 19.1 Å². The van der Waals surface area contributed by atoms with E-state index in [-0.39, 0.29) is 17.9 Å². The molecule has 0 spiro atoms. The molecule has 176 valence electrons. The average Bonchev–Trinajstić information content (AvgIpc) is 3.38. The van der Waals surface area contributed by atoms with Crippen LogP contribution < -0.4 is 10.1 Å². The van der Waals surface area contributed by atoms with E-state index in [0.29, 0.717) is 29.9 Å². The Hall–Kier alpha value is -3.64. The number of para-hydroxylation sites is 1. The molecular weight excluding hydrogens is 428 g/mol. The molecule has 1 fully saturated rings. The molecule has 34 heavy (non-hydrogen) atoms. The molecule has 3 aromatic carbocycles. The Balaban J connectivity index is 1.58. The second-order valence-electron chi connectivity index (χ2n) is 8.48. The summed E-state index contributed by atoms with van der Waals surface area (Å²) >= 11 is 0. The Kier molecular flexibility index (Phi) is 7.60. The highest BCUT2D eigenvalue weighted by Crippen LogP contribution is 2.24. The van der Waals surface area contributed by atoms with Crippen molar-refractivity contribution in [2.75, 3.05) is 25.6 Å². The summed E-state index contributed by atoms with van der Waals surface area (Å²) in [6, 6.07) is 22.2. The van der Waals surface area contributed by atoms with Gasteiger partial charge in [0.15, 0.2) is 0 Å². The molecule has 4 rings (SSSR count). The minimum Gasteiger partial charge on any atom is -0.496 e. The SMILES string of the molecule is COc1ccccc1CN(CC1CCCO1)C(=O)c1ccc(C)c(NC(=O)c2ccccc2)c1. The summed E-state index contributed by atoms with van der Waals surface area (Å²) in [7, 11) is 1.63. The summed E-state index contributed by atoms with van der Waals surface area (Å²) in [6.07, 6.45) is 1.95. The van der Waals surface area contributed by atoms with Gasteiger partial charge in [0.05, 0.1) is 13.2 Å². The topological polar surface area (TPSA) is 67.9 Å². The molecule has 0 aromatic heterocycles. The van der Waals surface area contributed by atoms with Crippen molar-refractivity contribution >= 4 is 17.5 Å². The Morgan fingerprint density at radius 2 is 1.79 bits per heavy atom. The summed E-state index contributed by atoms with van der Waals surface area (Å²) in [4.78, 5) is 28.2. The molecule has 1 atom stereocenters. The number of aryl methyl sites for hydroxylation is 1. The highest BCUT2D eigenvalue weighted by atomic mass is 16.5. The van der Waals surface area contributed by atoms with Gasteiger partial charge in [0.1, 0.15) is 5.75 Å². The first-order valence-corrected chi connectivity index (χ1v) is 11.5. The van der Waals surface area contributed by atoms with Crippen molar-refractivity contribution in [1.29, 1.82) is 0 Å². The number of ether oxygens (including phenoxy) is 2. The molecule has 0 saturated carbocycles. The van der Waals surface area contributed by atoms with Crippen LogP contribution in [0, 0.1) is 6.92 Å². The van der Waals surface area contributed by atoms with Crippen LogP contribution >= 0.6 is 0 Å². The molecule has 3 aromatic rings. The van der Waals surface area contributed by atoms with Gasteiger partial charge in [-0.3, -0.25) is 9.59 Å². The lowest BCUT2D eigenvalue weighted by Gasteiger charge is -2.27. The summed E-state index contributed by atoms with van der Waals surface area (Å²) in [5, 5.41) is 2.95. The summed E-state index contributed by atoms with van der Waals surface area (Å²) in [6.45, 7) is 3.54. The molecule has 0 aliphatic carbocycles. The minimum absolute atomic E-state index is 0.0151. The van der Waals surface area contributed by atoms with Crippen molar-refractivity contribution in [2.24, 2.45) is 0 Å². The van der Waals surface area contributed by atoms with E-state index in [1.807, 2.05) is 55.5 Å². The zero-order valence-corrected chi connectivity index (χ0v) is 19.6. The van der Waals surface area contributed by atoms with E-state index in [1.165, 1.54) is 0 Å². The maximum atomic E-state index is 13.7. The maximum Gasteiger partial charge on any atom is 0.255 e. The molecule has 1 aliphatic rings. The third kappa shape index (κ3) is 5.64. The molecule has 1 aliphatic heterocycles. The zero-order valence-electron chi connectivity index (χ0n) is 19.6. The van der Waals surface area contributed by atoms with Crippen molar-refractivity contribution in [3.63, 3.8) is 0 Å². The molecule has 2 amide bonds. The second kappa shape index (κ2) is 11.0. The molecular formula is C28H30N2O4. The van der Waals surface area contributed by atoms with E-state index in [0.717, 1.165) is 36.3 Å². The third-order valence-corrected chi connectivity index (χ3v) is 6.06. The Bertz CT molecular complexity index is 1140. The van der Waals surface area contributed by atoms with Gasteiger partial charge in [0, 0.05) is 42.1 Å². The normalized spacial score (nSPS) is 15.1. The predicted octanol–water partition coefficient (Wildman–Crippen LogP) is 5.08. The summed E-state index contributed by atoms with van der Waals surface area (Å²) in [5.41, 5.74) is 3.52. The lowest BCUT2D eigenvalue weighted by atomic mass is 10.1. The molecule has 1 N–H and O–H groups in total. The first-order chi connectivity index (χ1) is 16.5. The van der Waals surface area contributed by atoms with E-state index in [2.05, 4.69) is 5.32 Å². The van der Waals surface area contributed by atoms with Gasteiger partial charge in [0.2, 0.25) is 0 Å². The van der Waals surface area contributed by atoms with Crippen LogP contribution in [-0.2, 0) is 11.3 Å². The quantitative estimate of drug-likeness (QED) is 0.511. The Morgan fingerprint density at radius 3 is 2.53 bits per heavy atom. The summed E-state index contributed by atoms with van der Waals surface area (Å²) < 4.78 is 11.3. The molecule has 1 unspecified atom stereocenters. The van der Waals surface area contributed by atoms with Crippen LogP contribution in [0.15, 0.2) is 72.8 Å². The van der Waals surface area contributed by atoms with Gasteiger partial charge in [-0.15, -0.1) is 0 Å². The van der Waals surface area contributed by atoms with Crippen LogP contribution in [0.5, 0.6) is 5.75 Å².